The number of ether oxygens (including phenoxy) is 1. The van der Waals surface area contributed by atoms with Crippen molar-refractivity contribution in [1.29, 1.82) is 0 Å². The van der Waals surface area contributed by atoms with Crippen LogP contribution in [0.4, 0.5) is 10.1 Å². The lowest BCUT2D eigenvalue weighted by atomic mass is 10.1. The molecule has 4 aromatic carbocycles. The highest BCUT2D eigenvalue weighted by Gasteiger charge is 2.32. The first-order valence-corrected chi connectivity index (χ1v) is 14.3. The number of halogens is 1. The normalized spacial score (nSPS) is 11.8. The van der Waals surface area contributed by atoms with Gasteiger partial charge in [-0.25, -0.2) is 12.8 Å². The summed E-state index contributed by atoms with van der Waals surface area (Å²) < 4.78 is 49.0. The minimum atomic E-state index is -4.22. The van der Waals surface area contributed by atoms with E-state index in [1.165, 1.54) is 56.4 Å². The van der Waals surface area contributed by atoms with Crippen molar-refractivity contribution < 1.29 is 27.1 Å². The molecular formula is C31H30FN3O5S. The summed E-state index contributed by atoms with van der Waals surface area (Å²) in [5, 5.41) is 2.50. The lowest BCUT2D eigenvalue weighted by Gasteiger charge is -2.31. The van der Waals surface area contributed by atoms with E-state index in [0.29, 0.717) is 11.5 Å². The number of hydrogen-bond acceptors (Lipinski definition) is 5. The standard InChI is InChI=1S/C31H30FN3O5S/c1-23(31(37)33-2)34(21-24-11-9-10-16-29(24)32)30(36)22-35(41(38,39)28-14-7-4-8-15-28)25-17-19-27(20-18-25)40-26-12-5-3-6-13-26/h3-20,23H,21-22H2,1-2H3,(H,33,37). The molecule has 212 valence electrons. The van der Waals surface area contributed by atoms with Gasteiger partial charge >= 0.3 is 0 Å². The summed E-state index contributed by atoms with van der Waals surface area (Å²) in [5.41, 5.74) is 0.400. The molecule has 0 fully saturated rings. The van der Waals surface area contributed by atoms with Crippen molar-refractivity contribution in [3.05, 3.63) is 121 Å². The van der Waals surface area contributed by atoms with Gasteiger partial charge in [-0.15, -0.1) is 0 Å². The Morgan fingerprint density at radius 3 is 2.00 bits per heavy atom. The van der Waals surface area contributed by atoms with E-state index in [9.17, 15) is 22.4 Å². The van der Waals surface area contributed by atoms with Gasteiger partial charge < -0.3 is 15.0 Å². The molecule has 0 saturated carbocycles. The Morgan fingerprint density at radius 2 is 1.39 bits per heavy atom. The zero-order chi connectivity index (χ0) is 29.4. The van der Waals surface area contributed by atoms with E-state index < -0.39 is 40.2 Å². The van der Waals surface area contributed by atoms with Gasteiger partial charge in [-0.2, -0.15) is 0 Å². The Morgan fingerprint density at radius 1 is 0.829 bits per heavy atom. The molecule has 1 unspecified atom stereocenters. The highest BCUT2D eigenvalue weighted by Crippen LogP contribution is 2.28. The first-order chi connectivity index (χ1) is 19.7. The molecule has 0 radical (unpaired) electrons. The van der Waals surface area contributed by atoms with Crippen LogP contribution < -0.4 is 14.4 Å². The molecule has 1 atom stereocenters. The molecule has 0 saturated heterocycles. The number of sulfonamides is 1. The number of benzene rings is 4. The number of rotatable bonds is 11. The van der Waals surface area contributed by atoms with Gasteiger partial charge in [-0.3, -0.25) is 13.9 Å². The summed E-state index contributed by atoms with van der Waals surface area (Å²) in [6.45, 7) is 0.637. The van der Waals surface area contributed by atoms with Gasteiger partial charge in [0.2, 0.25) is 11.8 Å². The predicted octanol–water partition coefficient (Wildman–Crippen LogP) is 4.98. The second-order valence-electron chi connectivity index (χ2n) is 9.14. The van der Waals surface area contributed by atoms with Crippen LogP contribution in [0.1, 0.15) is 12.5 Å². The predicted molar refractivity (Wildman–Crippen MR) is 154 cm³/mol. The molecule has 4 rings (SSSR count). The Labute approximate surface area is 239 Å². The van der Waals surface area contributed by atoms with Gasteiger partial charge in [0.05, 0.1) is 10.6 Å². The van der Waals surface area contributed by atoms with Crippen molar-refractivity contribution in [2.45, 2.75) is 24.4 Å². The fourth-order valence-corrected chi connectivity index (χ4v) is 5.59. The first kappa shape index (κ1) is 29.3. The van der Waals surface area contributed by atoms with Crippen LogP contribution in [0.2, 0.25) is 0 Å². The molecule has 0 aromatic heterocycles. The maximum absolute atomic E-state index is 14.5. The van der Waals surface area contributed by atoms with Gasteiger partial charge in [-0.1, -0.05) is 54.6 Å². The summed E-state index contributed by atoms with van der Waals surface area (Å²) in [6, 6.07) is 28.0. The van der Waals surface area contributed by atoms with E-state index in [4.69, 9.17) is 4.74 Å². The molecular weight excluding hydrogens is 545 g/mol. The van der Waals surface area contributed by atoms with E-state index in [1.54, 1.807) is 48.5 Å². The number of carbonyl (C=O) groups excluding carboxylic acids is 2. The van der Waals surface area contributed by atoms with Crippen molar-refractivity contribution in [3.8, 4) is 11.5 Å². The average Bonchev–Trinajstić information content (AvgIpc) is 3.00. The topological polar surface area (TPSA) is 96.0 Å². The van der Waals surface area contributed by atoms with Crippen molar-refractivity contribution in [3.63, 3.8) is 0 Å². The van der Waals surface area contributed by atoms with Crippen LogP contribution in [-0.2, 0) is 26.2 Å². The molecule has 0 aliphatic heterocycles. The van der Waals surface area contributed by atoms with Gasteiger partial charge in [-0.05, 0) is 61.5 Å². The maximum atomic E-state index is 14.5. The Hall–Kier alpha value is -4.70. The Kier molecular flexibility index (Phi) is 9.36. The molecule has 0 aliphatic rings. The van der Waals surface area contributed by atoms with Crippen molar-refractivity contribution in [2.75, 3.05) is 17.9 Å². The van der Waals surface area contributed by atoms with Crippen molar-refractivity contribution >= 4 is 27.5 Å². The van der Waals surface area contributed by atoms with Crippen LogP contribution in [-0.4, -0.2) is 44.8 Å². The van der Waals surface area contributed by atoms with Crippen LogP contribution in [0, 0.1) is 5.82 Å². The lowest BCUT2D eigenvalue weighted by Crippen LogP contribution is -2.50. The second-order valence-corrected chi connectivity index (χ2v) is 11.0. The van der Waals surface area contributed by atoms with Gasteiger partial charge in [0.25, 0.3) is 10.0 Å². The highest BCUT2D eigenvalue weighted by atomic mass is 32.2. The van der Waals surface area contributed by atoms with Crippen molar-refractivity contribution in [1.82, 2.24) is 10.2 Å². The van der Waals surface area contributed by atoms with Gasteiger partial charge in [0.15, 0.2) is 0 Å². The number of likely N-dealkylation sites (N-methyl/N-ethyl adjacent to an activating group) is 1. The van der Waals surface area contributed by atoms with E-state index >= 15 is 0 Å². The van der Waals surface area contributed by atoms with Gasteiger partial charge in [0.1, 0.15) is 29.9 Å². The fourth-order valence-electron chi connectivity index (χ4n) is 4.16. The summed E-state index contributed by atoms with van der Waals surface area (Å²) >= 11 is 0. The SMILES string of the molecule is CNC(=O)C(C)N(Cc1ccccc1F)C(=O)CN(c1ccc(Oc2ccccc2)cc1)S(=O)(=O)c1ccccc1. The van der Waals surface area contributed by atoms with Crippen molar-refractivity contribution in [2.24, 2.45) is 0 Å². The number of nitrogens with zero attached hydrogens (tertiary/aromatic N) is 2. The summed E-state index contributed by atoms with van der Waals surface area (Å²) in [4.78, 5) is 27.5. The number of amides is 2. The fraction of sp³-hybridized carbons (Fsp3) is 0.161. The lowest BCUT2D eigenvalue weighted by molar-refractivity contribution is -0.139. The molecule has 1 N–H and O–H groups in total. The smallest absolute Gasteiger partial charge is 0.264 e. The number of anilines is 1. The minimum Gasteiger partial charge on any atom is -0.457 e. The average molecular weight is 576 g/mol. The van der Waals surface area contributed by atoms with Crippen LogP contribution >= 0.6 is 0 Å². The molecule has 4 aromatic rings. The number of nitrogens with one attached hydrogen (secondary N) is 1. The molecule has 0 bridgehead atoms. The quantitative estimate of drug-likeness (QED) is 0.272. The summed E-state index contributed by atoms with van der Waals surface area (Å²) in [7, 11) is -2.79. The highest BCUT2D eigenvalue weighted by molar-refractivity contribution is 7.92. The number of carbonyl (C=O) groups is 2. The van der Waals surface area contributed by atoms with Crippen LogP contribution in [0.25, 0.3) is 0 Å². The van der Waals surface area contributed by atoms with Crippen LogP contribution in [0.3, 0.4) is 0 Å². The number of para-hydroxylation sites is 1. The minimum absolute atomic E-state index is 0.0163. The first-order valence-electron chi connectivity index (χ1n) is 12.9. The molecule has 8 nitrogen and oxygen atoms in total. The molecule has 10 heteroatoms. The Bertz CT molecular complexity index is 1580. The summed E-state index contributed by atoms with van der Waals surface area (Å²) in [5.74, 6) is -0.630. The third-order valence-corrected chi connectivity index (χ3v) is 8.21. The molecule has 2 amide bonds. The zero-order valence-electron chi connectivity index (χ0n) is 22.6. The van der Waals surface area contributed by atoms with Gasteiger partial charge in [0, 0.05) is 19.2 Å². The molecule has 41 heavy (non-hydrogen) atoms. The Balaban J connectivity index is 1.69. The molecule has 0 aliphatic carbocycles. The van der Waals surface area contributed by atoms with Crippen LogP contribution in [0.15, 0.2) is 114 Å². The van der Waals surface area contributed by atoms with E-state index in [-0.39, 0.29) is 22.7 Å². The van der Waals surface area contributed by atoms with E-state index in [1.807, 2.05) is 18.2 Å². The monoisotopic (exact) mass is 575 g/mol. The zero-order valence-corrected chi connectivity index (χ0v) is 23.4. The third-order valence-electron chi connectivity index (χ3n) is 6.43. The summed E-state index contributed by atoms with van der Waals surface area (Å²) in [6.07, 6.45) is 0. The van der Waals surface area contributed by atoms with E-state index in [0.717, 1.165) is 9.21 Å². The second kappa shape index (κ2) is 13.1. The molecule has 0 spiro atoms. The number of hydrogen-bond donors (Lipinski definition) is 1. The largest absolute Gasteiger partial charge is 0.457 e. The maximum Gasteiger partial charge on any atom is 0.264 e. The van der Waals surface area contributed by atoms with Crippen LogP contribution in [0.5, 0.6) is 11.5 Å². The van der Waals surface area contributed by atoms with E-state index in [2.05, 4.69) is 5.32 Å². The third kappa shape index (κ3) is 7.09. The molecule has 0 heterocycles.